The first-order chi connectivity index (χ1) is 13.6. The molecule has 0 fully saturated rings. The molecule has 6 heteroatoms. The van der Waals surface area contributed by atoms with Crippen LogP contribution in [0.15, 0.2) is 12.1 Å². The first-order valence-electron chi connectivity index (χ1n) is 10.3. The van der Waals surface area contributed by atoms with Crippen molar-refractivity contribution in [1.29, 1.82) is 0 Å². The third-order valence-corrected chi connectivity index (χ3v) is 5.06. The van der Waals surface area contributed by atoms with Crippen LogP contribution in [0, 0.1) is 40.5 Å². The Morgan fingerprint density at radius 1 is 1.03 bits per heavy atom. The van der Waals surface area contributed by atoms with Crippen LogP contribution in [0.25, 0.3) is 0 Å². The molecule has 1 heterocycles. The van der Waals surface area contributed by atoms with Crippen molar-refractivity contribution in [2.45, 2.75) is 67.9 Å². The van der Waals surface area contributed by atoms with Gasteiger partial charge in [-0.25, -0.2) is 0 Å². The highest BCUT2D eigenvalue weighted by molar-refractivity contribution is 5.95. The lowest BCUT2D eigenvalue weighted by Crippen LogP contribution is -2.33. The minimum atomic E-state index is -0.217. The molecule has 0 unspecified atom stereocenters. The zero-order valence-corrected chi connectivity index (χ0v) is 18.8. The number of rotatable bonds is 8. The standard InChI is InChI=1S/C23H34N4O2/c1-14(2)13-27-19(7)20(18(6)26-27)8-9-21(28)24-12-22(29)25-23-16(4)10-15(3)11-17(23)5/h10-11,14H,8-9,12-13H2,1-7H3,(H,24,28)(H,25,29). The highest BCUT2D eigenvalue weighted by Gasteiger charge is 2.15. The van der Waals surface area contributed by atoms with Crippen LogP contribution in [0.3, 0.4) is 0 Å². The number of carbonyl (C=O) groups is 2. The summed E-state index contributed by atoms with van der Waals surface area (Å²) in [6.07, 6.45) is 0.963. The lowest BCUT2D eigenvalue weighted by atomic mass is 10.1. The summed E-state index contributed by atoms with van der Waals surface area (Å²) < 4.78 is 2.02. The SMILES string of the molecule is Cc1cc(C)c(NC(=O)CNC(=O)CCc2c(C)nn(CC(C)C)c2C)c(C)c1. The predicted octanol–water partition coefficient (Wildman–Crippen LogP) is 3.77. The van der Waals surface area contributed by atoms with E-state index in [2.05, 4.69) is 36.5 Å². The van der Waals surface area contributed by atoms with Crippen LogP contribution in [0.5, 0.6) is 0 Å². The first kappa shape index (κ1) is 22.7. The van der Waals surface area contributed by atoms with Crippen molar-refractivity contribution in [3.63, 3.8) is 0 Å². The third-order valence-electron chi connectivity index (χ3n) is 5.06. The van der Waals surface area contributed by atoms with Crippen molar-refractivity contribution in [1.82, 2.24) is 15.1 Å². The number of carbonyl (C=O) groups excluding carboxylic acids is 2. The second-order valence-corrected chi connectivity index (χ2v) is 8.32. The monoisotopic (exact) mass is 398 g/mol. The molecule has 0 saturated carbocycles. The van der Waals surface area contributed by atoms with Crippen molar-refractivity contribution < 1.29 is 9.59 Å². The number of amides is 2. The number of aromatic nitrogens is 2. The minimum Gasteiger partial charge on any atom is -0.347 e. The lowest BCUT2D eigenvalue weighted by molar-refractivity contribution is -0.124. The van der Waals surface area contributed by atoms with E-state index >= 15 is 0 Å². The van der Waals surface area contributed by atoms with Crippen molar-refractivity contribution in [3.8, 4) is 0 Å². The zero-order valence-electron chi connectivity index (χ0n) is 18.8. The van der Waals surface area contributed by atoms with Crippen LogP contribution >= 0.6 is 0 Å². The van der Waals surface area contributed by atoms with Crippen LogP contribution in [-0.2, 0) is 22.6 Å². The zero-order chi connectivity index (χ0) is 21.7. The molecular weight excluding hydrogens is 364 g/mol. The van der Waals surface area contributed by atoms with E-state index in [4.69, 9.17) is 0 Å². The summed E-state index contributed by atoms with van der Waals surface area (Å²) in [7, 11) is 0. The van der Waals surface area contributed by atoms with Gasteiger partial charge in [-0.1, -0.05) is 31.5 Å². The molecule has 1 aromatic carbocycles. The summed E-state index contributed by atoms with van der Waals surface area (Å²) >= 11 is 0. The van der Waals surface area contributed by atoms with Crippen LogP contribution in [0.2, 0.25) is 0 Å². The first-order valence-corrected chi connectivity index (χ1v) is 10.3. The van der Waals surface area contributed by atoms with Crippen LogP contribution < -0.4 is 10.6 Å². The van der Waals surface area contributed by atoms with Crippen molar-refractivity contribution in [2.75, 3.05) is 11.9 Å². The molecule has 0 aliphatic heterocycles. The fourth-order valence-electron chi connectivity index (χ4n) is 3.69. The summed E-state index contributed by atoms with van der Waals surface area (Å²) in [5.74, 6) is 0.168. The molecule has 2 aromatic rings. The highest BCUT2D eigenvalue weighted by atomic mass is 16.2. The normalized spacial score (nSPS) is 11.0. The van der Waals surface area contributed by atoms with Crippen LogP contribution in [0.1, 0.15) is 53.9 Å². The maximum absolute atomic E-state index is 12.3. The topological polar surface area (TPSA) is 76.0 Å². The van der Waals surface area contributed by atoms with E-state index in [1.165, 1.54) is 0 Å². The fraction of sp³-hybridized carbons (Fsp3) is 0.522. The molecule has 29 heavy (non-hydrogen) atoms. The Balaban J connectivity index is 1.86. The second-order valence-electron chi connectivity index (χ2n) is 8.32. The Labute approximate surface area is 174 Å². The molecule has 6 nitrogen and oxygen atoms in total. The molecule has 2 N–H and O–H groups in total. The van der Waals surface area contributed by atoms with Gasteiger partial charge in [0.25, 0.3) is 0 Å². The summed E-state index contributed by atoms with van der Waals surface area (Å²) in [5, 5.41) is 10.2. The van der Waals surface area contributed by atoms with Gasteiger partial charge in [-0.15, -0.1) is 0 Å². The fourth-order valence-corrected chi connectivity index (χ4v) is 3.69. The average Bonchev–Trinajstić information content (AvgIpc) is 2.87. The molecule has 0 aliphatic rings. The van der Waals surface area contributed by atoms with Crippen LogP contribution in [0.4, 0.5) is 5.69 Å². The van der Waals surface area contributed by atoms with Gasteiger partial charge in [-0.3, -0.25) is 14.3 Å². The van der Waals surface area contributed by atoms with E-state index in [0.29, 0.717) is 18.8 Å². The van der Waals surface area contributed by atoms with Gasteiger partial charge in [0.15, 0.2) is 0 Å². The summed E-state index contributed by atoms with van der Waals surface area (Å²) in [4.78, 5) is 24.5. The Hall–Kier alpha value is -2.63. The van der Waals surface area contributed by atoms with E-state index in [1.54, 1.807) is 0 Å². The number of anilines is 1. The summed E-state index contributed by atoms with van der Waals surface area (Å²) in [6, 6.07) is 4.07. The van der Waals surface area contributed by atoms with Gasteiger partial charge in [0.05, 0.1) is 12.2 Å². The molecule has 158 valence electrons. The van der Waals surface area contributed by atoms with Crippen molar-refractivity contribution >= 4 is 17.5 Å². The number of benzene rings is 1. The quantitative estimate of drug-likeness (QED) is 0.711. The van der Waals surface area contributed by atoms with Gasteiger partial charge in [-0.05, 0) is 63.6 Å². The Morgan fingerprint density at radius 3 is 2.24 bits per heavy atom. The molecule has 0 atom stereocenters. The third kappa shape index (κ3) is 6.17. The molecule has 0 bridgehead atoms. The van der Waals surface area contributed by atoms with Crippen molar-refractivity contribution in [2.24, 2.45) is 5.92 Å². The molecule has 2 rings (SSSR count). The van der Waals surface area contributed by atoms with E-state index in [0.717, 1.165) is 45.9 Å². The number of aryl methyl sites for hydroxylation is 4. The van der Waals surface area contributed by atoms with Crippen LogP contribution in [-0.4, -0.2) is 28.1 Å². The van der Waals surface area contributed by atoms with Gasteiger partial charge >= 0.3 is 0 Å². The largest absolute Gasteiger partial charge is 0.347 e. The molecule has 0 saturated heterocycles. The average molecular weight is 399 g/mol. The predicted molar refractivity (Wildman–Crippen MR) is 117 cm³/mol. The molecule has 0 radical (unpaired) electrons. The number of hydrogen-bond donors (Lipinski definition) is 2. The van der Waals surface area contributed by atoms with E-state index in [9.17, 15) is 9.59 Å². The van der Waals surface area contributed by atoms with Gasteiger partial charge in [0.2, 0.25) is 11.8 Å². The van der Waals surface area contributed by atoms with Gasteiger partial charge in [0.1, 0.15) is 0 Å². The van der Waals surface area contributed by atoms with E-state index < -0.39 is 0 Å². The number of hydrogen-bond acceptors (Lipinski definition) is 3. The smallest absolute Gasteiger partial charge is 0.243 e. The van der Waals surface area contributed by atoms with Gasteiger partial charge < -0.3 is 10.6 Å². The molecule has 0 spiro atoms. The summed E-state index contributed by atoms with van der Waals surface area (Å²) in [6.45, 7) is 15.2. The van der Waals surface area contributed by atoms with E-state index in [-0.39, 0.29) is 18.4 Å². The molecular formula is C23H34N4O2. The molecule has 0 aliphatic carbocycles. The molecule has 1 aromatic heterocycles. The highest BCUT2D eigenvalue weighted by Crippen LogP contribution is 2.21. The van der Waals surface area contributed by atoms with Crippen molar-refractivity contribution in [3.05, 3.63) is 45.8 Å². The lowest BCUT2D eigenvalue weighted by Gasteiger charge is -2.13. The summed E-state index contributed by atoms with van der Waals surface area (Å²) in [5.41, 5.74) is 7.23. The maximum Gasteiger partial charge on any atom is 0.243 e. The van der Waals surface area contributed by atoms with Gasteiger partial charge in [-0.2, -0.15) is 5.10 Å². The Kier molecular flexibility index (Phi) is 7.59. The number of nitrogens with zero attached hydrogens (tertiary/aromatic N) is 2. The van der Waals surface area contributed by atoms with Gasteiger partial charge in [0, 0.05) is 24.3 Å². The number of nitrogens with one attached hydrogen (secondary N) is 2. The Bertz CT molecular complexity index is 874. The minimum absolute atomic E-state index is 0.0316. The molecule has 2 amide bonds. The second kappa shape index (κ2) is 9.72. The maximum atomic E-state index is 12.3. The Morgan fingerprint density at radius 2 is 1.66 bits per heavy atom. The van der Waals surface area contributed by atoms with E-state index in [1.807, 2.05) is 44.5 Å².